The van der Waals surface area contributed by atoms with Gasteiger partial charge in [-0.25, -0.2) is 4.98 Å². The first kappa shape index (κ1) is 14.3. The van der Waals surface area contributed by atoms with Crippen molar-refractivity contribution in [2.45, 2.75) is 26.3 Å². The smallest absolute Gasteiger partial charge is 0.269 e. The van der Waals surface area contributed by atoms with Crippen molar-refractivity contribution in [3.63, 3.8) is 0 Å². The van der Waals surface area contributed by atoms with E-state index in [9.17, 15) is 9.59 Å². The summed E-state index contributed by atoms with van der Waals surface area (Å²) in [5.74, 6) is 0.0175. The SMILES string of the molecule is CC(C)N1C[C@@H](CNC(=O)c2ccc(O)cn2)CC1=O. The van der Waals surface area contributed by atoms with Gasteiger partial charge in [-0.3, -0.25) is 9.59 Å². The fourth-order valence-electron chi connectivity index (χ4n) is 2.29. The van der Waals surface area contributed by atoms with Crippen LogP contribution in [0.15, 0.2) is 18.3 Å². The number of hydrogen-bond donors (Lipinski definition) is 2. The van der Waals surface area contributed by atoms with Gasteiger partial charge in [0.1, 0.15) is 11.4 Å². The number of hydrogen-bond acceptors (Lipinski definition) is 4. The highest BCUT2D eigenvalue weighted by molar-refractivity contribution is 5.92. The predicted octanol–water partition coefficient (Wildman–Crippen LogP) is 0.774. The van der Waals surface area contributed by atoms with Crippen molar-refractivity contribution in [1.29, 1.82) is 0 Å². The lowest BCUT2D eigenvalue weighted by Crippen LogP contribution is -2.34. The number of amides is 2. The predicted molar refractivity (Wildman–Crippen MR) is 73.2 cm³/mol. The van der Waals surface area contributed by atoms with Gasteiger partial charge in [-0.1, -0.05) is 0 Å². The summed E-state index contributed by atoms with van der Waals surface area (Å²) < 4.78 is 0. The van der Waals surface area contributed by atoms with E-state index in [0.717, 1.165) is 0 Å². The van der Waals surface area contributed by atoms with Crippen LogP contribution in [-0.4, -0.2) is 45.9 Å². The van der Waals surface area contributed by atoms with E-state index >= 15 is 0 Å². The molecule has 0 unspecified atom stereocenters. The summed E-state index contributed by atoms with van der Waals surface area (Å²) in [4.78, 5) is 29.3. The third kappa shape index (κ3) is 3.26. The highest BCUT2D eigenvalue weighted by Gasteiger charge is 2.31. The minimum Gasteiger partial charge on any atom is -0.506 e. The number of carbonyl (C=O) groups excluding carboxylic acids is 2. The third-order valence-electron chi connectivity index (χ3n) is 3.39. The first-order chi connectivity index (χ1) is 9.47. The molecule has 1 aliphatic heterocycles. The number of carbonyl (C=O) groups is 2. The van der Waals surface area contributed by atoms with Crippen molar-refractivity contribution in [3.05, 3.63) is 24.0 Å². The molecule has 0 bridgehead atoms. The normalized spacial score (nSPS) is 18.6. The molecule has 1 aromatic rings. The van der Waals surface area contributed by atoms with E-state index in [1.807, 2.05) is 18.7 Å². The van der Waals surface area contributed by atoms with Crippen LogP contribution in [0.25, 0.3) is 0 Å². The summed E-state index contributed by atoms with van der Waals surface area (Å²) >= 11 is 0. The Hall–Kier alpha value is -2.11. The highest BCUT2D eigenvalue weighted by Crippen LogP contribution is 2.19. The van der Waals surface area contributed by atoms with Crippen LogP contribution in [-0.2, 0) is 4.79 Å². The first-order valence-corrected chi connectivity index (χ1v) is 6.70. The second-order valence-electron chi connectivity index (χ2n) is 5.32. The van der Waals surface area contributed by atoms with Crippen molar-refractivity contribution >= 4 is 11.8 Å². The van der Waals surface area contributed by atoms with Crippen LogP contribution < -0.4 is 5.32 Å². The molecule has 0 aromatic carbocycles. The standard InChI is InChI=1S/C14H19N3O3/c1-9(2)17-8-10(5-13(17)19)6-16-14(20)12-4-3-11(18)7-15-12/h3-4,7,9-10,18H,5-6,8H2,1-2H3,(H,16,20)/t10-/m1/s1. The number of nitrogens with one attached hydrogen (secondary N) is 1. The molecule has 1 aliphatic rings. The van der Waals surface area contributed by atoms with Crippen molar-refractivity contribution in [2.75, 3.05) is 13.1 Å². The molecule has 20 heavy (non-hydrogen) atoms. The second kappa shape index (κ2) is 5.90. The molecule has 2 amide bonds. The maximum absolute atomic E-state index is 11.9. The zero-order valence-corrected chi connectivity index (χ0v) is 11.7. The zero-order chi connectivity index (χ0) is 14.7. The van der Waals surface area contributed by atoms with E-state index in [1.165, 1.54) is 18.3 Å². The molecular weight excluding hydrogens is 258 g/mol. The van der Waals surface area contributed by atoms with E-state index in [2.05, 4.69) is 10.3 Å². The fraction of sp³-hybridized carbons (Fsp3) is 0.500. The fourth-order valence-corrected chi connectivity index (χ4v) is 2.29. The van der Waals surface area contributed by atoms with Gasteiger partial charge < -0.3 is 15.3 Å². The van der Waals surface area contributed by atoms with E-state index in [1.54, 1.807) is 0 Å². The second-order valence-corrected chi connectivity index (χ2v) is 5.32. The monoisotopic (exact) mass is 277 g/mol. The largest absolute Gasteiger partial charge is 0.506 e. The first-order valence-electron chi connectivity index (χ1n) is 6.70. The molecule has 6 nitrogen and oxygen atoms in total. The van der Waals surface area contributed by atoms with Crippen LogP contribution in [0.4, 0.5) is 0 Å². The van der Waals surface area contributed by atoms with Gasteiger partial charge in [-0.15, -0.1) is 0 Å². The van der Waals surface area contributed by atoms with Crippen LogP contribution in [0.3, 0.4) is 0 Å². The molecule has 2 heterocycles. The molecule has 0 spiro atoms. The molecule has 0 radical (unpaired) electrons. The van der Waals surface area contributed by atoms with Crippen LogP contribution in [0.1, 0.15) is 30.8 Å². The Morgan fingerprint density at radius 3 is 2.85 bits per heavy atom. The zero-order valence-electron chi connectivity index (χ0n) is 11.7. The van der Waals surface area contributed by atoms with Crippen LogP contribution >= 0.6 is 0 Å². The molecule has 0 aliphatic carbocycles. The van der Waals surface area contributed by atoms with Gasteiger partial charge >= 0.3 is 0 Å². The van der Waals surface area contributed by atoms with Gasteiger partial charge in [0.2, 0.25) is 5.91 Å². The number of nitrogens with zero attached hydrogens (tertiary/aromatic N) is 2. The lowest BCUT2D eigenvalue weighted by molar-refractivity contribution is -0.129. The number of pyridine rings is 1. The summed E-state index contributed by atoms with van der Waals surface area (Å²) in [6, 6.07) is 3.08. The average molecular weight is 277 g/mol. The summed E-state index contributed by atoms with van der Waals surface area (Å²) in [6.45, 7) is 5.11. The lowest BCUT2D eigenvalue weighted by Gasteiger charge is -2.21. The summed E-state index contributed by atoms with van der Waals surface area (Å²) in [5, 5.41) is 11.9. The number of aromatic nitrogens is 1. The van der Waals surface area contributed by atoms with Gasteiger partial charge in [0.25, 0.3) is 5.91 Å². The molecule has 0 saturated carbocycles. The van der Waals surface area contributed by atoms with E-state index in [4.69, 9.17) is 5.11 Å². The van der Waals surface area contributed by atoms with Crippen molar-refractivity contribution in [2.24, 2.45) is 5.92 Å². The Bertz CT molecular complexity index is 499. The van der Waals surface area contributed by atoms with E-state index < -0.39 is 0 Å². The maximum Gasteiger partial charge on any atom is 0.269 e. The molecule has 1 aromatic heterocycles. The van der Waals surface area contributed by atoms with Crippen molar-refractivity contribution in [1.82, 2.24) is 15.2 Å². The van der Waals surface area contributed by atoms with Gasteiger partial charge in [-0.05, 0) is 26.0 Å². The van der Waals surface area contributed by atoms with Gasteiger partial charge in [0.15, 0.2) is 0 Å². The average Bonchev–Trinajstić information content (AvgIpc) is 2.78. The van der Waals surface area contributed by atoms with Gasteiger partial charge in [0.05, 0.1) is 6.20 Å². The van der Waals surface area contributed by atoms with Crippen molar-refractivity contribution in [3.8, 4) is 5.75 Å². The summed E-state index contributed by atoms with van der Waals surface area (Å²) in [6.07, 6.45) is 1.70. The lowest BCUT2D eigenvalue weighted by atomic mass is 10.1. The van der Waals surface area contributed by atoms with Crippen LogP contribution in [0.2, 0.25) is 0 Å². The molecule has 1 saturated heterocycles. The molecule has 108 valence electrons. The quantitative estimate of drug-likeness (QED) is 0.851. The molecular formula is C14H19N3O3. The number of likely N-dealkylation sites (tertiary alicyclic amines) is 1. The Kier molecular flexibility index (Phi) is 4.22. The summed E-state index contributed by atoms with van der Waals surface area (Å²) in [7, 11) is 0. The Labute approximate surface area is 117 Å². The van der Waals surface area contributed by atoms with Crippen molar-refractivity contribution < 1.29 is 14.7 Å². The van der Waals surface area contributed by atoms with Gasteiger partial charge in [-0.2, -0.15) is 0 Å². The molecule has 1 fully saturated rings. The third-order valence-corrected chi connectivity index (χ3v) is 3.39. The topological polar surface area (TPSA) is 82.5 Å². The Morgan fingerprint density at radius 2 is 2.30 bits per heavy atom. The molecule has 2 N–H and O–H groups in total. The maximum atomic E-state index is 11.9. The number of aromatic hydroxyl groups is 1. The molecule has 6 heteroatoms. The highest BCUT2D eigenvalue weighted by atomic mass is 16.3. The minimum absolute atomic E-state index is 0.0236. The molecule has 1 atom stereocenters. The van der Waals surface area contributed by atoms with Crippen LogP contribution in [0.5, 0.6) is 5.75 Å². The van der Waals surface area contributed by atoms with Crippen LogP contribution in [0, 0.1) is 5.92 Å². The van der Waals surface area contributed by atoms with Gasteiger partial charge in [0, 0.05) is 31.5 Å². The van der Waals surface area contributed by atoms with E-state index in [0.29, 0.717) is 19.5 Å². The minimum atomic E-state index is -0.291. The number of rotatable bonds is 4. The molecule has 2 rings (SSSR count). The Morgan fingerprint density at radius 1 is 1.55 bits per heavy atom. The van der Waals surface area contributed by atoms with E-state index in [-0.39, 0.29) is 35.2 Å². The summed E-state index contributed by atoms with van der Waals surface area (Å²) in [5.41, 5.74) is 0.257. The Balaban J connectivity index is 1.85.